The van der Waals surface area contributed by atoms with Crippen LogP contribution in [0.25, 0.3) is 0 Å². The summed E-state index contributed by atoms with van der Waals surface area (Å²) in [5.41, 5.74) is 6.44. The number of carbonyl (C=O) groups is 2. The largest absolute Gasteiger partial charge is 0.478 e. The van der Waals surface area contributed by atoms with E-state index in [2.05, 4.69) is 10.6 Å². The second-order valence-electron chi connectivity index (χ2n) is 4.66. The van der Waals surface area contributed by atoms with E-state index in [9.17, 15) is 9.59 Å². The molecule has 0 heterocycles. The van der Waals surface area contributed by atoms with Crippen LogP contribution in [-0.2, 0) is 4.79 Å². The number of nitrogens with two attached hydrogens (primary N) is 1. The molecule has 1 rings (SSSR count). The first-order chi connectivity index (χ1) is 8.90. The number of carboxylic acid groups (broad SMARTS) is 1. The molecule has 6 heteroatoms. The van der Waals surface area contributed by atoms with Gasteiger partial charge in [0.05, 0.1) is 12.1 Å². The third kappa shape index (κ3) is 4.87. The topological polar surface area (TPSA) is 104 Å². The summed E-state index contributed by atoms with van der Waals surface area (Å²) < 4.78 is 0. The lowest BCUT2D eigenvalue weighted by Gasteiger charge is -2.10. The minimum atomic E-state index is -1.07. The van der Waals surface area contributed by atoms with Crippen molar-refractivity contribution >= 4 is 23.3 Å². The third-order valence-corrected chi connectivity index (χ3v) is 2.44. The van der Waals surface area contributed by atoms with E-state index in [-0.39, 0.29) is 23.7 Å². The molecule has 0 atom stereocenters. The van der Waals surface area contributed by atoms with Gasteiger partial charge >= 0.3 is 5.97 Å². The highest BCUT2D eigenvalue weighted by Crippen LogP contribution is 2.17. The number of benzene rings is 1. The van der Waals surface area contributed by atoms with E-state index >= 15 is 0 Å². The van der Waals surface area contributed by atoms with Crippen LogP contribution < -0.4 is 16.4 Å². The normalized spacial score (nSPS) is 10.3. The zero-order valence-corrected chi connectivity index (χ0v) is 11.1. The molecular formula is C13H19N3O3. The predicted molar refractivity (Wildman–Crippen MR) is 74.2 cm³/mol. The van der Waals surface area contributed by atoms with E-state index in [4.69, 9.17) is 10.8 Å². The molecule has 0 aliphatic heterocycles. The highest BCUT2D eigenvalue weighted by Gasteiger charge is 2.08. The number of amides is 1. The molecule has 1 aromatic carbocycles. The number of rotatable bonds is 6. The van der Waals surface area contributed by atoms with Crippen molar-refractivity contribution in [2.75, 3.05) is 24.1 Å². The highest BCUT2D eigenvalue weighted by molar-refractivity contribution is 5.94. The van der Waals surface area contributed by atoms with Crippen molar-refractivity contribution in [1.82, 2.24) is 5.32 Å². The Labute approximate surface area is 112 Å². The SMILES string of the molecule is CC(C)CNC(=O)CNc1ccc(C(=O)O)c(N)c1. The van der Waals surface area contributed by atoms with Gasteiger partial charge in [-0.05, 0) is 24.1 Å². The average Bonchev–Trinajstić information content (AvgIpc) is 2.33. The number of carboxylic acids is 1. The summed E-state index contributed by atoms with van der Waals surface area (Å²) >= 11 is 0. The van der Waals surface area contributed by atoms with Gasteiger partial charge in [0.2, 0.25) is 5.91 Å². The van der Waals surface area contributed by atoms with E-state index in [1.165, 1.54) is 12.1 Å². The molecule has 19 heavy (non-hydrogen) atoms. The Morgan fingerprint density at radius 1 is 1.37 bits per heavy atom. The molecule has 1 aromatic rings. The van der Waals surface area contributed by atoms with Crippen LogP contribution in [0.2, 0.25) is 0 Å². The number of carbonyl (C=O) groups excluding carboxylic acids is 1. The number of aromatic carboxylic acids is 1. The van der Waals surface area contributed by atoms with Gasteiger partial charge in [-0.25, -0.2) is 4.79 Å². The molecule has 0 saturated carbocycles. The first kappa shape index (κ1) is 14.8. The summed E-state index contributed by atoms with van der Waals surface area (Å²) in [7, 11) is 0. The van der Waals surface area contributed by atoms with Gasteiger partial charge in [0.1, 0.15) is 0 Å². The fourth-order valence-corrected chi connectivity index (χ4v) is 1.43. The summed E-state index contributed by atoms with van der Waals surface area (Å²) in [5, 5.41) is 14.5. The molecule has 0 aliphatic carbocycles. The van der Waals surface area contributed by atoms with Crippen molar-refractivity contribution in [1.29, 1.82) is 0 Å². The molecule has 5 N–H and O–H groups in total. The molecule has 0 fully saturated rings. The van der Waals surface area contributed by atoms with Crippen molar-refractivity contribution in [3.8, 4) is 0 Å². The van der Waals surface area contributed by atoms with Crippen LogP contribution in [-0.4, -0.2) is 30.1 Å². The lowest BCUT2D eigenvalue weighted by Crippen LogP contribution is -2.32. The second kappa shape index (κ2) is 6.63. The molecule has 0 aromatic heterocycles. The summed E-state index contributed by atoms with van der Waals surface area (Å²) in [6.07, 6.45) is 0. The Hall–Kier alpha value is -2.24. The molecule has 0 radical (unpaired) electrons. The summed E-state index contributed by atoms with van der Waals surface area (Å²) in [5.74, 6) is -0.789. The maximum absolute atomic E-state index is 11.5. The van der Waals surface area contributed by atoms with Gasteiger partial charge in [-0.15, -0.1) is 0 Å². The van der Waals surface area contributed by atoms with Crippen LogP contribution >= 0.6 is 0 Å². The van der Waals surface area contributed by atoms with Gasteiger partial charge in [0.25, 0.3) is 0 Å². The van der Waals surface area contributed by atoms with Crippen molar-refractivity contribution in [3.63, 3.8) is 0 Å². The number of nitrogen functional groups attached to an aromatic ring is 1. The summed E-state index contributed by atoms with van der Waals surface area (Å²) in [6.45, 7) is 4.78. The van der Waals surface area contributed by atoms with Crippen LogP contribution in [0, 0.1) is 5.92 Å². The number of nitrogens with one attached hydrogen (secondary N) is 2. The molecule has 0 unspecified atom stereocenters. The maximum Gasteiger partial charge on any atom is 0.337 e. The summed E-state index contributed by atoms with van der Waals surface area (Å²) in [6, 6.07) is 4.49. The van der Waals surface area contributed by atoms with Crippen molar-refractivity contribution in [2.45, 2.75) is 13.8 Å². The maximum atomic E-state index is 11.5. The molecule has 1 amide bonds. The lowest BCUT2D eigenvalue weighted by molar-refractivity contribution is -0.119. The number of anilines is 2. The van der Waals surface area contributed by atoms with Gasteiger partial charge in [-0.1, -0.05) is 13.8 Å². The Kier molecular flexibility index (Phi) is 5.17. The molecule has 0 saturated heterocycles. The third-order valence-electron chi connectivity index (χ3n) is 2.44. The zero-order chi connectivity index (χ0) is 14.4. The Balaban J connectivity index is 2.52. The van der Waals surface area contributed by atoms with E-state index in [1.807, 2.05) is 13.8 Å². The van der Waals surface area contributed by atoms with E-state index in [1.54, 1.807) is 6.07 Å². The second-order valence-corrected chi connectivity index (χ2v) is 4.66. The average molecular weight is 265 g/mol. The Bertz CT molecular complexity index is 472. The Morgan fingerprint density at radius 2 is 2.05 bits per heavy atom. The molecule has 6 nitrogen and oxygen atoms in total. The monoisotopic (exact) mass is 265 g/mol. The highest BCUT2D eigenvalue weighted by atomic mass is 16.4. The standard InChI is InChI=1S/C13H19N3O3/c1-8(2)6-16-12(17)7-15-9-3-4-10(13(18)19)11(14)5-9/h3-5,8,15H,6-7,14H2,1-2H3,(H,16,17)(H,18,19). The molecule has 0 spiro atoms. The molecular weight excluding hydrogens is 246 g/mol. The molecule has 104 valence electrons. The molecule has 0 bridgehead atoms. The quantitative estimate of drug-likeness (QED) is 0.578. The van der Waals surface area contributed by atoms with Crippen LogP contribution in [0.4, 0.5) is 11.4 Å². The number of hydrogen-bond donors (Lipinski definition) is 4. The van der Waals surface area contributed by atoms with Gasteiger partial charge in [0, 0.05) is 17.9 Å². The van der Waals surface area contributed by atoms with E-state index < -0.39 is 5.97 Å². The van der Waals surface area contributed by atoms with Crippen LogP contribution in [0.5, 0.6) is 0 Å². The Morgan fingerprint density at radius 3 is 2.58 bits per heavy atom. The van der Waals surface area contributed by atoms with Crippen molar-refractivity contribution in [3.05, 3.63) is 23.8 Å². The fraction of sp³-hybridized carbons (Fsp3) is 0.385. The van der Waals surface area contributed by atoms with Gasteiger partial charge in [0.15, 0.2) is 0 Å². The molecule has 0 aliphatic rings. The van der Waals surface area contributed by atoms with E-state index in [0.717, 1.165) is 0 Å². The predicted octanol–water partition coefficient (Wildman–Crippen LogP) is 1.15. The van der Waals surface area contributed by atoms with Crippen molar-refractivity contribution in [2.24, 2.45) is 5.92 Å². The smallest absolute Gasteiger partial charge is 0.337 e. The minimum absolute atomic E-state index is 0.0507. The lowest BCUT2D eigenvalue weighted by atomic mass is 10.1. The van der Waals surface area contributed by atoms with Crippen molar-refractivity contribution < 1.29 is 14.7 Å². The number of hydrogen-bond acceptors (Lipinski definition) is 4. The first-order valence-corrected chi connectivity index (χ1v) is 6.03. The fourth-order valence-electron chi connectivity index (χ4n) is 1.43. The first-order valence-electron chi connectivity index (χ1n) is 6.03. The van der Waals surface area contributed by atoms with Crippen LogP contribution in [0.1, 0.15) is 24.2 Å². The van der Waals surface area contributed by atoms with E-state index in [0.29, 0.717) is 18.2 Å². The summed E-state index contributed by atoms with van der Waals surface area (Å²) in [4.78, 5) is 22.3. The van der Waals surface area contributed by atoms with Crippen LogP contribution in [0.3, 0.4) is 0 Å². The van der Waals surface area contributed by atoms with Gasteiger partial charge in [-0.3, -0.25) is 4.79 Å². The van der Waals surface area contributed by atoms with Crippen LogP contribution in [0.15, 0.2) is 18.2 Å². The minimum Gasteiger partial charge on any atom is -0.478 e. The van der Waals surface area contributed by atoms with Gasteiger partial charge < -0.3 is 21.5 Å². The zero-order valence-electron chi connectivity index (χ0n) is 11.1. The van der Waals surface area contributed by atoms with Gasteiger partial charge in [-0.2, -0.15) is 0 Å².